The zero-order chi connectivity index (χ0) is 17.1. The fraction of sp³-hybridized carbons (Fsp3) is 0.263. The minimum Gasteiger partial charge on any atom is -0.378 e. The highest BCUT2D eigenvalue weighted by Crippen LogP contribution is 2.27. The molecular weight excluding hydrogens is 316 g/mol. The van der Waals surface area contributed by atoms with Gasteiger partial charge in [-0.3, -0.25) is 0 Å². The molecule has 0 amide bonds. The largest absolute Gasteiger partial charge is 0.378 e. The number of aryl methyl sites for hydroxylation is 1. The molecule has 0 bridgehead atoms. The molecule has 4 nitrogen and oxygen atoms in total. The van der Waals surface area contributed by atoms with Crippen molar-refractivity contribution in [2.24, 2.45) is 7.05 Å². The van der Waals surface area contributed by atoms with Gasteiger partial charge in [0.25, 0.3) is 0 Å². The lowest BCUT2D eigenvalue weighted by molar-refractivity contribution is 0.793. The molecule has 0 aliphatic carbocycles. The average Bonchev–Trinajstić information content (AvgIpc) is 2.95. The molecule has 0 unspecified atom stereocenters. The molecule has 5 heteroatoms. The van der Waals surface area contributed by atoms with Crippen LogP contribution in [0.15, 0.2) is 53.7 Å². The third-order valence-electron chi connectivity index (χ3n) is 4.07. The lowest BCUT2D eigenvalue weighted by atomic mass is 10.1. The summed E-state index contributed by atoms with van der Waals surface area (Å²) < 4.78 is 2.07. The average molecular weight is 338 g/mol. The molecule has 0 saturated carbocycles. The maximum Gasteiger partial charge on any atom is 0.191 e. The summed E-state index contributed by atoms with van der Waals surface area (Å²) in [4.78, 5) is 2.09. The highest BCUT2D eigenvalue weighted by molar-refractivity contribution is 7.98. The van der Waals surface area contributed by atoms with E-state index in [1.807, 2.05) is 21.1 Å². The Hall–Kier alpha value is -2.27. The first kappa shape index (κ1) is 16.6. The van der Waals surface area contributed by atoms with E-state index in [9.17, 15) is 0 Å². The van der Waals surface area contributed by atoms with E-state index < -0.39 is 0 Å². The second-order valence-corrected chi connectivity index (χ2v) is 6.97. The molecule has 0 aliphatic rings. The number of hydrogen-bond acceptors (Lipinski definition) is 4. The lowest BCUT2D eigenvalue weighted by Crippen LogP contribution is -2.08. The third kappa shape index (κ3) is 3.46. The van der Waals surface area contributed by atoms with Crippen molar-refractivity contribution >= 4 is 17.4 Å². The van der Waals surface area contributed by atoms with Crippen LogP contribution in [-0.2, 0) is 12.8 Å². The molecule has 2 aromatic carbocycles. The second-order valence-electron chi connectivity index (χ2n) is 6.03. The fourth-order valence-corrected chi connectivity index (χ4v) is 3.52. The predicted molar refractivity (Wildman–Crippen MR) is 102 cm³/mol. The van der Waals surface area contributed by atoms with E-state index in [1.54, 1.807) is 11.8 Å². The second kappa shape index (κ2) is 7.09. The molecule has 0 atom stereocenters. The maximum absolute atomic E-state index is 4.39. The third-order valence-corrected chi connectivity index (χ3v) is 5.14. The van der Waals surface area contributed by atoms with Gasteiger partial charge in [-0.2, -0.15) is 0 Å². The summed E-state index contributed by atoms with van der Waals surface area (Å²) in [6, 6.07) is 16.8. The number of hydrogen-bond donors (Lipinski definition) is 0. The zero-order valence-corrected chi connectivity index (χ0v) is 15.3. The molecule has 124 valence electrons. The maximum atomic E-state index is 4.39. The monoisotopic (exact) mass is 338 g/mol. The van der Waals surface area contributed by atoms with E-state index in [0.717, 1.165) is 28.0 Å². The number of rotatable bonds is 5. The summed E-state index contributed by atoms with van der Waals surface area (Å²) in [5.74, 6) is 1.79. The van der Waals surface area contributed by atoms with Crippen LogP contribution < -0.4 is 4.90 Å². The van der Waals surface area contributed by atoms with Gasteiger partial charge in [0.1, 0.15) is 0 Å². The Labute approximate surface area is 147 Å². The van der Waals surface area contributed by atoms with E-state index in [-0.39, 0.29) is 0 Å². The Morgan fingerprint density at radius 1 is 1.04 bits per heavy atom. The summed E-state index contributed by atoms with van der Waals surface area (Å²) in [5, 5.41) is 9.70. The van der Waals surface area contributed by atoms with Crippen molar-refractivity contribution < 1.29 is 0 Å². The van der Waals surface area contributed by atoms with Crippen molar-refractivity contribution in [2.75, 3.05) is 19.0 Å². The molecule has 0 N–H and O–H groups in total. The molecule has 0 saturated heterocycles. The van der Waals surface area contributed by atoms with Gasteiger partial charge in [-0.1, -0.05) is 48.2 Å². The zero-order valence-electron chi connectivity index (χ0n) is 14.5. The molecule has 1 aromatic heterocycles. The van der Waals surface area contributed by atoms with Gasteiger partial charge >= 0.3 is 0 Å². The minimum atomic E-state index is 0.894. The van der Waals surface area contributed by atoms with E-state index >= 15 is 0 Å². The standard InChI is InChI=1S/C19H22N4S/c1-14-8-5-6-9-16(14)13-24-19-21-20-18(23(19)4)15-10-7-11-17(12-15)22(2)3/h5-12H,13H2,1-4H3. The Bertz CT molecular complexity index is 839. The van der Waals surface area contributed by atoms with Crippen LogP contribution in [0, 0.1) is 6.92 Å². The van der Waals surface area contributed by atoms with E-state index in [1.165, 1.54) is 11.1 Å². The number of benzene rings is 2. The molecule has 0 aliphatic heterocycles. The van der Waals surface area contributed by atoms with Gasteiger partial charge in [0, 0.05) is 38.1 Å². The summed E-state index contributed by atoms with van der Waals surface area (Å²) >= 11 is 1.72. The summed E-state index contributed by atoms with van der Waals surface area (Å²) in [5.41, 5.74) is 4.89. The van der Waals surface area contributed by atoms with E-state index in [2.05, 4.69) is 75.1 Å². The van der Waals surface area contributed by atoms with Crippen molar-refractivity contribution in [2.45, 2.75) is 17.8 Å². The van der Waals surface area contributed by atoms with Crippen LogP contribution >= 0.6 is 11.8 Å². The Kier molecular flexibility index (Phi) is 4.90. The van der Waals surface area contributed by atoms with Crippen LogP contribution in [0.25, 0.3) is 11.4 Å². The fourth-order valence-electron chi connectivity index (χ4n) is 2.53. The number of nitrogens with zero attached hydrogens (tertiary/aromatic N) is 4. The van der Waals surface area contributed by atoms with Gasteiger partial charge in [-0.05, 0) is 30.2 Å². The first-order chi connectivity index (χ1) is 11.6. The van der Waals surface area contributed by atoms with E-state index in [4.69, 9.17) is 0 Å². The lowest BCUT2D eigenvalue weighted by Gasteiger charge is -2.13. The van der Waals surface area contributed by atoms with Crippen LogP contribution in [0.3, 0.4) is 0 Å². The van der Waals surface area contributed by atoms with Crippen LogP contribution in [0.4, 0.5) is 5.69 Å². The molecule has 3 aromatic rings. The molecule has 24 heavy (non-hydrogen) atoms. The van der Waals surface area contributed by atoms with Crippen LogP contribution in [0.5, 0.6) is 0 Å². The van der Waals surface area contributed by atoms with Gasteiger partial charge < -0.3 is 9.47 Å². The van der Waals surface area contributed by atoms with Crippen molar-refractivity contribution in [1.82, 2.24) is 14.8 Å². The van der Waals surface area contributed by atoms with Crippen LogP contribution in [-0.4, -0.2) is 28.9 Å². The quantitative estimate of drug-likeness (QED) is 0.655. The number of aromatic nitrogens is 3. The van der Waals surface area contributed by atoms with Crippen molar-refractivity contribution in [3.8, 4) is 11.4 Å². The topological polar surface area (TPSA) is 34.0 Å². The van der Waals surface area contributed by atoms with Gasteiger partial charge in [-0.25, -0.2) is 0 Å². The first-order valence-corrected chi connectivity index (χ1v) is 8.89. The Morgan fingerprint density at radius 2 is 1.83 bits per heavy atom. The van der Waals surface area contributed by atoms with Gasteiger partial charge in [0.15, 0.2) is 11.0 Å². The molecule has 3 rings (SSSR count). The predicted octanol–water partition coefficient (Wildman–Crippen LogP) is 4.15. The highest BCUT2D eigenvalue weighted by atomic mass is 32.2. The van der Waals surface area contributed by atoms with Crippen molar-refractivity contribution in [3.05, 3.63) is 59.7 Å². The number of anilines is 1. The molecule has 0 spiro atoms. The van der Waals surface area contributed by atoms with Gasteiger partial charge in [0.05, 0.1) is 0 Å². The highest BCUT2D eigenvalue weighted by Gasteiger charge is 2.12. The molecular formula is C19H22N4S. The molecule has 1 heterocycles. The summed E-state index contributed by atoms with van der Waals surface area (Å²) in [6.07, 6.45) is 0. The first-order valence-electron chi connectivity index (χ1n) is 7.90. The van der Waals surface area contributed by atoms with Crippen LogP contribution in [0.2, 0.25) is 0 Å². The van der Waals surface area contributed by atoms with Crippen LogP contribution in [0.1, 0.15) is 11.1 Å². The van der Waals surface area contributed by atoms with Gasteiger partial charge in [-0.15, -0.1) is 10.2 Å². The molecule has 0 fully saturated rings. The SMILES string of the molecule is Cc1ccccc1CSc1nnc(-c2cccc(N(C)C)c2)n1C. The Morgan fingerprint density at radius 3 is 2.58 bits per heavy atom. The number of thioether (sulfide) groups is 1. The Balaban J connectivity index is 1.81. The van der Waals surface area contributed by atoms with Crippen molar-refractivity contribution in [1.29, 1.82) is 0 Å². The van der Waals surface area contributed by atoms with Gasteiger partial charge in [0.2, 0.25) is 0 Å². The smallest absolute Gasteiger partial charge is 0.191 e. The normalized spacial score (nSPS) is 10.8. The summed E-state index contributed by atoms with van der Waals surface area (Å²) in [6.45, 7) is 2.14. The van der Waals surface area contributed by atoms with E-state index in [0.29, 0.717) is 0 Å². The molecule has 0 radical (unpaired) electrons. The van der Waals surface area contributed by atoms with Crippen molar-refractivity contribution in [3.63, 3.8) is 0 Å². The summed E-state index contributed by atoms with van der Waals surface area (Å²) in [7, 11) is 6.11. The minimum absolute atomic E-state index is 0.894.